The summed E-state index contributed by atoms with van der Waals surface area (Å²) in [4.78, 5) is 21.1. The van der Waals surface area contributed by atoms with Crippen LogP contribution in [0.5, 0.6) is 0 Å². The molecule has 1 aromatic rings. The standard InChI is InChI=1S/C13H16N2O5/c1-9(16)12(7-8-13(17)20-2)14-10-3-5-11(6-4-10)15(18)19/h3-9,12,14,16H,1-2H3/b8-7+/t9-,12+/m0/s1. The number of esters is 1. The maximum Gasteiger partial charge on any atom is 0.330 e. The number of hydrogen-bond acceptors (Lipinski definition) is 6. The number of benzene rings is 1. The zero-order valence-electron chi connectivity index (χ0n) is 11.1. The summed E-state index contributed by atoms with van der Waals surface area (Å²) >= 11 is 0. The van der Waals surface area contributed by atoms with Crippen molar-refractivity contribution in [1.29, 1.82) is 0 Å². The Balaban J connectivity index is 2.77. The largest absolute Gasteiger partial charge is 0.466 e. The fourth-order valence-electron chi connectivity index (χ4n) is 1.45. The molecule has 7 nitrogen and oxygen atoms in total. The van der Waals surface area contributed by atoms with Crippen LogP contribution in [0.2, 0.25) is 0 Å². The third kappa shape index (κ3) is 4.69. The van der Waals surface area contributed by atoms with E-state index in [1.54, 1.807) is 6.92 Å². The number of nitrogens with zero attached hydrogens (tertiary/aromatic N) is 1. The maximum absolute atomic E-state index is 11.0. The van der Waals surface area contributed by atoms with Crippen molar-refractivity contribution in [2.45, 2.75) is 19.1 Å². The van der Waals surface area contributed by atoms with Crippen LogP contribution in [0.25, 0.3) is 0 Å². The van der Waals surface area contributed by atoms with Crippen LogP contribution in [0.3, 0.4) is 0 Å². The van der Waals surface area contributed by atoms with E-state index >= 15 is 0 Å². The van der Waals surface area contributed by atoms with Crippen molar-refractivity contribution in [3.63, 3.8) is 0 Å². The van der Waals surface area contributed by atoms with E-state index in [-0.39, 0.29) is 5.69 Å². The second-order valence-electron chi connectivity index (χ2n) is 4.10. The molecule has 2 N–H and O–H groups in total. The van der Waals surface area contributed by atoms with Gasteiger partial charge in [-0.15, -0.1) is 0 Å². The molecule has 1 rings (SSSR count). The van der Waals surface area contributed by atoms with Crippen molar-refractivity contribution in [2.75, 3.05) is 12.4 Å². The van der Waals surface area contributed by atoms with Crippen LogP contribution in [0.15, 0.2) is 36.4 Å². The number of aliphatic hydroxyl groups is 1. The smallest absolute Gasteiger partial charge is 0.330 e. The molecular weight excluding hydrogens is 264 g/mol. The van der Waals surface area contributed by atoms with Gasteiger partial charge in [0.1, 0.15) is 0 Å². The molecule has 0 saturated heterocycles. The van der Waals surface area contributed by atoms with Gasteiger partial charge in [0, 0.05) is 23.9 Å². The first-order valence-corrected chi connectivity index (χ1v) is 5.89. The summed E-state index contributed by atoms with van der Waals surface area (Å²) in [6, 6.07) is 5.24. The lowest BCUT2D eigenvalue weighted by molar-refractivity contribution is -0.384. The molecule has 0 aliphatic carbocycles. The molecule has 7 heteroatoms. The molecular formula is C13H16N2O5. The van der Waals surface area contributed by atoms with Gasteiger partial charge in [-0.05, 0) is 19.1 Å². The Bertz CT molecular complexity index is 496. The van der Waals surface area contributed by atoms with Crippen LogP contribution >= 0.6 is 0 Å². The predicted molar refractivity (Wildman–Crippen MR) is 73.3 cm³/mol. The Morgan fingerprint density at radius 1 is 1.45 bits per heavy atom. The molecule has 0 spiro atoms. The second kappa shape index (κ2) is 7.25. The number of rotatable bonds is 6. The van der Waals surface area contributed by atoms with Crippen LogP contribution < -0.4 is 5.32 Å². The number of nitrogens with one attached hydrogen (secondary N) is 1. The number of hydrogen-bond donors (Lipinski definition) is 2. The average Bonchev–Trinajstić information content (AvgIpc) is 2.43. The summed E-state index contributed by atoms with van der Waals surface area (Å²) in [6.07, 6.45) is 1.92. The number of anilines is 1. The Morgan fingerprint density at radius 2 is 2.05 bits per heavy atom. The highest BCUT2D eigenvalue weighted by Crippen LogP contribution is 2.17. The van der Waals surface area contributed by atoms with Crippen molar-refractivity contribution in [1.82, 2.24) is 0 Å². The lowest BCUT2D eigenvalue weighted by Gasteiger charge is -2.19. The van der Waals surface area contributed by atoms with E-state index in [4.69, 9.17) is 0 Å². The van der Waals surface area contributed by atoms with Crippen LogP contribution in [-0.4, -0.2) is 35.3 Å². The zero-order chi connectivity index (χ0) is 15.1. The molecule has 0 unspecified atom stereocenters. The van der Waals surface area contributed by atoms with E-state index < -0.39 is 23.0 Å². The lowest BCUT2D eigenvalue weighted by atomic mass is 10.1. The molecule has 0 saturated carbocycles. The molecule has 0 amide bonds. The van der Waals surface area contributed by atoms with Crippen molar-refractivity contribution in [3.8, 4) is 0 Å². The first-order chi connectivity index (χ1) is 9.43. The molecule has 0 bridgehead atoms. The summed E-state index contributed by atoms with van der Waals surface area (Å²) in [5.74, 6) is -0.527. The fourth-order valence-corrected chi connectivity index (χ4v) is 1.45. The van der Waals surface area contributed by atoms with Crippen molar-refractivity contribution in [3.05, 3.63) is 46.5 Å². The Labute approximate surface area is 116 Å². The quantitative estimate of drug-likeness (QED) is 0.354. The summed E-state index contributed by atoms with van der Waals surface area (Å²) in [5, 5.41) is 23.1. The average molecular weight is 280 g/mol. The number of nitro groups is 1. The molecule has 0 radical (unpaired) electrons. The highest BCUT2D eigenvalue weighted by atomic mass is 16.6. The van der Waals surface area contributed by atoms with Gasteiger partial charge in [0.2, 0.25) is 0 Å². The third-order valence-corrected chi connectivity index (χ3v) is 2.57. The Morgan fingerprint density at radius 3 is 2.50 bits per heavy atom. The molecule has 2 atom stereocenters. The van der Waals surface area contributed by atoms with Gasteiger partial charge in [-0.1, -0.05) is 6.08 Å². The number of methoxy groups -OCH3 is 1. The van der Waals surface area contributed by atoms with E-state index in [1.807, 2.05) is 0 Å². The Kier molecular flexibility index (Phi) is 5.67. The fraction of sp³-hybridized carbons (Fsp3) is 0.308. The predicted octanol–water partition coefficient (Wildman–Crippen LogP) is 1.49. The van der Waals surface area contributed by atoms with Crippen LogP contribution in [0, 0.1) is 10.1 Å². The van der Waals surface area contributed by atoms with Gasteiger partial charge >= 0.3 is 5.97 Å². The van der Waals surface area contributed by atoms with Crippen LogP contribution in [0.4, 0.5) is 11.4 Å². The number of nitro benzene ring substituents is 1. The SMILES string of the molecule is COC(=O)/C=C/[C@@H](Nc1ccc([N+](=O)[O-])cc1)[C@H](C)O. The second-order valence-corrected chi connectivity index (χ2v) is 4.10. The molecule has 0 fully saturated rings. The van der Waals surface area contributed by atoms with E-state index in [0.717, 1.165) is 0 Å². The minimum absolute atomic E-state index is 0.0192. The Hall–Kier alpha value is -2.41. The highest BCUT2D eigenvalue weighted by molar-refractivity contribution is 5.82. The maximum atomic E-state index is 11.0. The molecule has 20 heavy (non-hydrogen) atoms. The zero-order valence-corrected chi connectivity index (χ0v) is 11.1. The molecule has 0 aliphatic heterocycles. The van der Waals surface area contributed by atoms with Gasteiger partial charge in [-0.2, -0.15) is 0 Å². The molecule has 0 aliphatic rings. The van der Waals surface area contributed by atoms with Gasteiger partial charge in [-0.25, -0.2) is 4.79 Å². The van der Waals surface area contributed by atoms with Crippen molar-refractivity contribution >= 4 is 17.3 Å². The summed E-state index contributed by atoms with van der Waals surface area (Å²) in [6.45, 7) is 1.56. The van der Waals surface area contributed by atoms with E-state index in [2.05, 4.69) is 10.1 Å². The van der Waals surface area contributed by atoms with Gasteiger partial charge in [0.15, 0.2) is 0 Å². The van der Waals surface area contributed by atoms with E-state index in [1.165, 1.54) is 43.5 Å². The number of ether oxygens (including phenoxy) is 1. The molecule has 0 aromatic heterocycles. The number of carbonyl (C=O) groups excluding carboxylic acids is 1. The van der Waals surface area contributed by atoms with Crippen LogP contribution in [-0.2, 0) is 9.53 Å². The highest BCUT2D eigenvalue weighted by Gasteiger charge is 2.13. The minimum atomic E-state index is -0.758. The number of carbonyl (C=O) groups is 1. The van der Waals surface area contributed by atoms with Gasteiger partial charge < -0.3 is 15.2 Å². The third-order valence-electron chi connectivity index (χ3n) is 2.57. The number of non-ortho nitro benzene ring substituents is 1. The molecule has 1 aromatic carbocycles. The molecule has 108 valence electrons. The van der Waals surface area contributed by atoms with E-state index in [0.29, 0.717) is 5.69 Å². The van der Waals surface area contributed by atoms with Crippen molar-refractivity contribution in [2.24, 2.45) is 0 Å². The summed E-state index contributed by atoms with van der Waals surface area (Å²) in [7, 11) is 1.26. The van der Waals surface area contributed by atoms with Crippen molar-refractivity contribution < 1.29 is 19.6 Å². The molecule has 0 heterocycles. The normalized spacial score (nSPS) is 13.8. The van der Waals surface area contributed by atoms with E-state index in [9.17, 15) is 20.0 Å². The first kappa shape index (κ1) is 15.6. The van der Waals surface area contributed by atoms with Gasteiger partial charge in [-0.3, -0.25) is 10.1 Å². The van der Waals surface area contributed by atoms with Gasteiger partial charge in [0.05, 0.1) is 24.2 Å². The summed E-state index contributed by atoms with van der Waals surface area (Å²) < 4.78 is 4.46. The summed E-state index contributed by atoms with van der Waals surface area (Å²) in [5.41, 5.74) is 0.574. The topological polar surface area (TPSA) is 102 Å². The lowest BCUT2D eigenvalue weighted by Crippen LogP contribution is -2.29. The first-order valence-electron chi connectivity index (χ1n) is 5.89. The van der Waals surface area contributed by atoms with Crippen LogP contribution in [0.1, 0.15) is 6.92 Å². The van der Waals surface area contributed by atoms with Gasteiger partial charge in [0.25, 0.3) is 5.69 Å². The minimum Gasteiger partial charge on any atom is -0.466 e. The number of aliphatic hydroxyl groups excluding tert-OH is 1. The monoisotopic (exact) mass is 280 g/mol.